The zero-order valence-electron chi connectivity index (χ0n) is 18.5. The molecule has 0 radical (unpaired) electrons. The van der Waals surface area contributed by atoms with Gasteiger partial charge in [-0.25, -0.2) is 4.39 Å². The minimum Gasteiger partial charge on any atom is -0.353 e. The van der Waals surface area contributed by atoms with Gasteiger partial charge in [0.05, 0.1) is 12.1 Å². The molecule has 0 aliphatic carbocycles. The van der Waals surface area contributed by atoms with Crippen molar-refractivity contribution in [3.63, 3.8) is 0 Å². The molecule has 1 aromatic heterocycles. The summed E-state index contributed by atoms with van der Waals surface area (Å²) >= 11 is 1.31. The fourth-order valence-electron chi connectivity index (χ4n) is 3.49. The van der Waals surface area contributed by atoms with E-state index in [9.17, 15) is 9.18 Å². The quantitative estimate of drug-likeness (QED) is 0.353. The van der Waals surface area contributed by atoms with Crippen molar-refractivity contribution in [1.82, 2.24) is 20.1 Å². The molecule has 168 valence electrons. The molecule has 0 spiro atoms. The lowest BCUT2D eigenvalue weighted by Crippen LogP contribution is -2.33. The highest BCUT2D eigenvalue weighted by molar-refractivity contribution is 8.00. The van der Waals surface area contributed by atoms with E-state index in [0.29, 0.717) is 23.1 Å². The van der Waals surface area contributed by atoms with Crippen LogP contribution < -0.4 is 5.32 Å². The summed E-state index contributed by atoms with van der Waals surface area (Å²) in [6, 6.07) is 26.0. The Morgan fingerprint density at radius 1 is 0.939 bits per heavy atom. The summed E-state index contributed by atoms with van der Waals surface area (Å²) in [5.74, 6) is -0.0497. The smallest absolute Gasteiger partial charge is 0.238 e. The van der Waals surface area contributed by atoms with Crippen LogP contribution in [-0.2, 0) is 11.3 Å². The lowest BCUT2D eigenvalue weighted by molar-refractivity contribution is -0.121. The fraction of sp³-hybridized carbons (Fsp3) is 0.192. The van der Waals surface area contributed by atoms with E-state index in [0.717, 1.165) is 11.1 Å². The van der Waals surface area contributed by atoms with Gasteiger partial charge in [-0.1, -0.05) is 84.6 Å². The van der Waals surface area contributed by atoms with E-state index in [4.69, 9.17) is 0 Å². The van der Waals surface area contributed by atoms with Gasteiger partial charge in [0, 0.05) is 6.04 Å². The average molecular weight is 461 g/mol. The second kappa shape index (κ2) is 10.4. The third-order valence-corrected chi connectivity index (χ3v) is 6.24. The normalized spacial score (nSPS) is 12.0. The molecule has 1 atom stereocenters. The minimum absolute atomic E-state index is 0.000441. The molecule has 0 fully saturated rings. The molecule has 4 rings (SSSR count). The summed E-state index contributed by atoms with van der Waals surface area (Å²) in [7, 11) is 0. The lowest BCUT2D eigenvalue weighted by Gasteiger charge is -2.19. The van der Waals surface area contributed by atoms with Gasteiger partial charge < -0.3 is 5.32 Å². The first kappa shape index (κ1) is 22.7. The first-order valence-electron chi connectivity index (χ1n) is 10.8. The number of rotatable bonds is 8. The van der Waals surface area contributed by atoms with Crippen molar-refractivity contribution in [1.29, 1.82) is 0 Å². The molecule has 0 bridgehead atoms. The molecule has 4 aromatic rings. The summed E-state index contributed by atoms with van der Waals surface area (Å²) in [5.41, 5.74) is 2.26. The van der Waals surface area contributed by atoms with Crippen LogP contribution in [0.25, 0.3) is 11.4 Å². The van der Waals surface area contributed by atoms with Crippen LogP contribution in [0.2, 0.25) is 0 Å². The maximum absolute atomic E-state index is 14.7. The molecule has 1 heterocycles. The van der Waals surface area contributed by atoms with Crippen LogP contribution in [0.3, 0.4) is 0 Å². The topological polar surface area (TPSA) is 59.8 Å². The van der Waals surface area contributed by atoms with E-state index in [-0.39, 0.29) is 17.8 Å². The number of nitrogens with zero attached hydrogens (tertiary/aromatic N) is 3. The summed E-state index contributed by atoms with van der Waals surface area (Å²) in [6.45, 7) is 4.31. The van der Waals surface area contributed by atoms with Gasteiger partial charge >= 0.3 is 0 Å². The van der Waals surface area contributed by atoms with E-state index in [1.165, 1.54) is 17.8 Å². The van der Waals surface area contributed by atoms with Crippen molar-refractivity contribution < 1.29 is 9.18 Å². The Morgan fingerprint density at radius 3 is 2.24 bits per heavy atom. The van der Waals surface area contributed by atoms with Crippen LogP contribution in [-0.4, -0.2) is 26.7 Å². The van der Waals surface area contributed by atoms with Crippen LogP contribution in [0.4, 0.5) is 4.39 Å². The number of hydrogen-bond acceptors (Lipinski definition) is 4. The van der Waals surface area contributed by atoms with Crippen molar-refractivity contribution in [2.75, 3.05) is 0 Å². The van der Waals surface area contributed by atoms with Crippen LogP contribution >= 0.6 is 11.8 Å². The summed E-state index contributed by atoms with van der Waals surface area (Å²) in [4.78, 5) is 13.1. The maximum Gasteiger partial charge on any atom is 0.238 e. The summed E-state index contributed by atoms with van der Waals surface area (Å²) in [5, 5.41) is 11.7. The molecule has 0 aliphatic rings. The number of hydrogen-bond donors (Lipinski definition) is 1. The molecule has 0 saturated heterocycles. The van der Waals surface area contributed by atoms with E-state index >= 15 is 0 Å². The predicted octanol–water partition coefficient (Wildman–Crippen LogP) is 5.49. The fourth-order valence-corrected chi connectivity index (χ4v) is 4.54. The molecule has 7 heteroatoms. The van der Waals surface area contributed by atoms with Gasteiger partial charge in [0.2, 0.25) is 5.91 Å². The number of thioether (sulfide) groups is 1. The Bertz CT molecular complexity index is 1210. The molecule has 1 unspecified atom stereocenters. The van der Waals surface area contributed by atoms with Crippen molar-refractivity contribution in [2.24, 2.45) is 0 Å². The molecule has 0 aliphatic heterocycles. The van der Waals surface area contributed by atoms with Gasteiger partial charge in [-0.2, -0.15) is 0 Å². The summed E-state index contributed by atoms with van der Waals surface area (Å²) in [6.07, 6.45) is 0. The van der Waals surface area contributed by atoms with Crippen molar-refractivity contribution >= 4 is 17.7 Å². The zero-order chi connectivity index (χ0) is 23.2. The SMILES string of the molecule is CC(C)NC(=O)C(Sc1nnc(-c2ccccc2F)n1Cc1ccccc1)c1ccccc1. The van der Waals surface area contributed by atoms with E-state index in [1.807, 2.05) is 79.1 Å². The first-order chi connectivity index (χ1) is 16.0. The molecule has 5 nitrogen and oxygen atoms in total. The van der Waals surface area contributed by atoms with Gasteiger partial charge in [0.15, 0.2) is 11.0 Å². The summed E-state index contributed by atoms with van der Waals surface area (Å²) < 4.78 is 16.5. The van der Waals surface area contributed by atoms with Crippen LogP contribution in [0.15, 0.2) is 90.1 Å². The maximum atomic E-state index is 14.7. The van der Waals surface area contributed by atoms with Crippen LogP contribution in [0.1, 0.15) is 30.2 Å². The number of nitrogens with one attached hydrogen (secondary N) is 1. The van der Waals surface area contributed by atoms with Gasteiger partial charge in [-0.05, 0) is 37.1 Å². The van der Waals surface area contributed by atoms with E-state index in [1.54, 1.807) is 18.2 Å². The monoisotopic (exact) mass is 460 g/mol. The number of amides is 1. The van der Waals surface area contributed by atoms with Crippen LogP contribution in [0.5, 0.6) is 0 Å². The molecule has 1 N–H and O–H groups in total. The van der Waals surface area contributed by atoms with Gasteiger partial charge in [-0.3, -0.25) is 9.36 Å². The van der Waals surface area contributed by atoms with Crippen molar-refractivity contribution in [2.45, 2.75) is 36.8 Å². The molecule has 33 heavy (non-hydrogen) atoms. The van der Waals surface area contributed by atoms with Crippen molar-refractivity contribution in [3.8, 4) is 11.4 Å². The third kappa shape index (κ3) is 5.49. The zero-order valence-corrected chi connectivity index (χ0v) is 19.3. The molecule has 0 saturated carbocycles. The molecular formula is C26H25FN4OS. The lowest BCUT2D eigenvalue weighted by atomic mass is 10.1. The average Bonchev–Trinajstić information content (AvgIpc) is 3.20. The van der Waals surface area contributed by atoms with Gasteiger partial charge in [-0.15, -0.1) is 10.2 Å². The Labute approximate surface area is 197 Å². The second-order valence-electron chi connectivity index (χ2n) is 7.93. The standard InChI is InChI=1S/C26H25FN4OS/c1-18(2)28-25(32)23(20-13-7-4-8-14-20)33-26-30-29-24(21-15-9-10-16-22(21)27)31(26)17-19-11-5-3-6-12-19/h3-16,18,23H,17H2,1-2H3,(H,28,32). The number of aromatic nitrogens is 3. The highest BCUT2D eigenvalue weighted by Gasteiger charge is 2.27. The Hall–Kier alpha value is -3.45. The number of halogens is 1. The third-order valence-electron chi connectivity index (χ3n) is 5.01. The Kier molecular flexibility index (Phi) is 7.19. The predicted molar refractivity (Wildman–Crippen MR) is 129 cm³/mol. The van der Waals surface area contributed by atoms with Crippen LogP contribution in [0, 0.1) is 5.82 Å². The number of carbonyl (C=O) groups excluding carboxylic acids is 1. The highest BCUT2D eigenvalue weighted by Crippen LogP contribution is 2.37. The number of benzene rings is 3. The first-order valence-corrected chi connectivity index (χ1v) is 11.6. The number of carbonyl (C=O) groups is 1. The Morgan fingerprint density at radius 2 is 1.58 bits per heavy atom. The molecule has 1 amide bonds. The van der Waals surface area contributed by atoms with E-state index < -0.39 is 5.25 Å². The van der Waals surface area contributed by atoms with Gasteiger partial charge in [0.1, 0.15) is 11.1 Å². The van der Waals surface area contributed by atoms with Crippen molar-refractivity contribution in [3.05, 3.63) is 102 Å². The molecule has 3 aromatic carbocycles. The van der Waals surface area contributed by atoms with E-state index in [2.05, 4.69) is 15.5 Å². The molecular weight excluding hydrogens is 435 g/mol. The minimum atomic E-state index is -0.527. The van der Waals surface area contributed by atoms with Gasteiger partial charge in [0.25, 0.3) is 0 Å². The largest absolute Gasteiger partial charge is 0.353 e. The Balaban J connectivity index is 1.77. The second-order valence-corrected chi connectivity index (χ2v) is 9.00. The highest BCUT2D eigenvalue weighted by atomic mass is 32.2.